The average molecular weight is 293 g/mol. The summed E-state index contributed by atoms with van der Waals surface area (Å²) in [6, 6.07) is 13.4. The van der Waals surface area contributed by atoms with Crippen LogP contribution < -0.4 is 14.4 Å². The van der Waals surface area contributed by atoms with E-state index in [1.165, 1.54) is 0 Å². The number of nitrogens with zero attached hydrogens (tertiary/aromatic N) is 1. The molecule has 2 aromatic rings. The van der Waals surface area contributed by atoms with Crippen LogP contribution in [-0.4, -0.2) is 12.9 Å². The van der Waals surface area contributed by atoms with E-state index < -0.39 is 0 Å². The van der Waals surface area contributed by atoms with Gasteiger partial charge in [-0.3, -0.25) is 4.79 Å². The Morgan fingerprint density at radius 3 is 2.82 bits per heavy atom. The van der Waals surface area contributed by atoms with Crippen molar-refractivity contribution >= 4 is 11.5 Å². The van der Waals surface area contributed by atoms with Crippen LogP contribution in [0.1, 0.15) is 18.0 Å². The monoisotopic (exact) mass is 293 g/mol. The largest absolute Gasteiger partial charge is 0.496 e. The van der Waals surface area contributed by atoms with Gasteiger partial charge < -0.3 is 14.4 Å². The van der Waals surface area contributed by atoms with E-state index >= 15 is 0 Å². The van der Waals surface area contributed by atoms with Gasteiger partial charge in [-0.2, -0.15) is 0 Å². The predicted octanol–water partition coefficient (Wildman–Crippen LogP) is 3.84. The van der Waals surface area contributed by atoms with Crippen LogP contribution in [0.15, 0.2) is 54.7 Å². The molecule has 0 saturated heterocycles. The number of ketones is 1. The van der Waals surface area contributed by atoms with Crippen LogP contribution in [0.4, 0.5) is 5.69 Å². The minimum Gasteiger partial charge on any atom is -0.496 e. The van der Waals surface area contributed by atoms with Crippen molar-refractivity contribution in [1.29, 1.82) is 0 Å². The molecule has 2 heterocycles. The summed E-state index contributed by atoms with van der Waals surface area (Å²) in [7, 11) is 1.64. The van der Waals surface area contributed by atoms with Gasteiger partial charge >= 0.3 is 0 Å². The van der Waals surface area contributed by atoms with Crippen molar-refractivity contribution in [1.82, 2.24) is 0 Å². The van der Waals surface area contributed by atoms with Gasteiger partial charge in [0.15, 0.2) is 11.5 Å². The van der Waals surface area contributed by atoms with Crippen molar-refractivity contribution in [3.63, 3.8) is 0 Å². The fourth-order valence-electron chi connectivity index (χ4n) is 3.11. The van der Waals surface area contributed by atoms with E-state index in [0.717, 1.165) is 28.5 Å². The molecule has 0 spiro atoms. The van der Waals surface area contributed by atoms with Crippen LogP contribution in [0.2, 0.25) is 0 Å². The van der Waals surface area contributed by atoms with Crippen LogP contribution in [-0.2, 0) is 4.79 Å². The number of benzene rings is 2. The minimum atomic E-state index is -0.118. The van der Waals surface area contributed by atoms with Gasteiger partial charge in [-0.05, 0) is 30.3 Å². The van der Waals surface area contributed by atoms with Gasteiger partial charge in [0.2, 0.25) is 0 Å². The molecule has 0 N–H and O–H groups in total. The Labute approximate surface area is 128 Å². The highest BCUT2D eigenvalue weighted by molar-refractivity contribution is 5.93. The first-order valence-corrected chi connectivity index (χ1v) is 7.21. The topological polar surface area (TPSA) is 38.8 Å². The highest BCUT2D eigenvalue weighted by atomic mass is 16.5. The van der Waals surface area contributed by atoms with Crippen molar-refractivity contribution in [2.24, 2.45) is 0 Å². The first-order chi connectivity index (χ1) is 10.8. The lowest BCUT2D eigenvalue weighted by molar-refractivity contribution is -0.115. The van der Waals surface area contributed by atoms with E-state index in [2.05, 4.69) is 4.90 Å². The van der Waals surface area contributed by atoms with Crippen molar-refractivity contribution < 1.29 is 14.3 Å². The molecule has 0 saturated carbocycles. The Morgan fingerprint density at radius 2 is 1.95 bits per heavy atom. The number of rotatable bonds is 1. The van der Waals surface area contributed by atoms with Crippen molar-refractivity contribution in [3.05, 3.63) is 60.3 Å². The molecular weight excluding hydrogens is 278 g/mol. The number of hydrogen-bond acceptors (Lipinski definition) is 4. The smallest absolute Gasteiger partial charge is 0.159 e. The molecule has 22 heavy (non-hydrogen) atoms. The van der Waals surface area contributed by atoms with Crippen LogP contribution in [0.25, 0.3) is 0 Å². The summed E-state index contributed by atoms with van der Waals surface area (Å²) in [6.07, 6.45) is 3.86. The molecule has 0 aromatic heterocycles. The third-order valence-electron chi connectivity index (χ3n) is 4.09. The van der Waals surface area contributed by atoms with E-state index in [0.29, 0.717) is 6.42 Å². The molecule has 0 aliphatic carbocycles. The summed E-state index contributed by atoms with van der Waals surface area (Å²) in [5.41, 5.74) is 1.87. The summed E-state index contributed by atoms with van der Waals surface area (Å²) in [6.45, 7) is 0. The summed E-state index contributed by atoms with van der Waals surface area (Å²) >= 11 is 0. The van der Waals surface area contributed by atoms with E-state index in [1.807, 2.05) is 48.7 Å². The number of anilines is 1. The van der Waals surface area contributed by atoms with Gasteiger partial charge in [-0.1, -0.05) is 18.2 Å². The fraction of sp³-hybridized carbons (Fsp3) is 0.167. The predicted molar refractivity (Wildman–Crippen MR) is 83.5 cm³/mol. The molecule has 1 unspecified atom stereocenters. The van der Waals surface area contributed by atoms with Crippen LogP contribution in [0.5, 0.6) is 17.2 Å². The normalized spacial score (nSPS) is 18.7. The fourth-order valence-corrected chi connectivity index (χ4v) is 3.11. The molecule has 4 heteroatoms. The Morgan fingerprint density at radius 1 is 1.14 bits per heavy atom. The third-order valence-corrected chi connectivity index (χ3v) is 4.09. The van der Waals surface area contributed by atoms with E-state index in [-0.39, 0.29) is 11.8 Å². The summed E-state index contributed by atoms with van der Waals surface area (Å²) in [4.78, 5) is 14.0. The zero-order chi connectivity index (χ0) is 15.1. The Bertz CT molecular complexity index is 782. The highest BCUT2D eigenvalue weighted by Gasteiger charge is 2.34. The number of ether oxygens (including phenoxy) is 2. The van der Waals surface area contributed by atoms with Gasteiger partial charge in [-0.25, -0.2) is 0 Å². The summed E-state index contributed by atoms with van der Waals surface area (Å²) in [5.74, 6) is 2.36. The maximum Gasteiger partial charge on any atom is 0.159 e. The number of carbonyl (C=O) groups is 1. The second-order valence-electron chi connectivity index (χ2n) is 5.35. The molecule has 4 rings (SSSR count). The molecule has 0 fully saturated rings. The quantitative estimate of drug-likeness (QED) is 0.801. The molecular formula is C18H15NO3. The molecule has 2 aliphatic heterocycles. The zero-order valence-electron chi connectivity index (χ0n) is 12.2. The van der Waals surface area contributed by atoms with Gasteiger partial charge in [0.1, 0.15) is 11.5 Å². The Hall–Kier alpha value is -2.75. The van der Waals surface area contributed by atoms with E-state index in [9.17, 15) is 4.79 Å². The second-order valence-corrected chi connectivity index (χ2v) is 5.35. The van der Waals surface area contributed by atoms with Crippen LogP contribution in [0, 0.1) is 0 Å². The Kier molecular flexibility index (Phi) is 2.89. The molecule has 2 aromatic carbocycles. The lowest BCUT2D eigenvalue weighted by Crippen LogP contribution is -2.28. The van der Waals surface area contributed by atoms with Crippen molar-refractivity contribution in [2.75, 3.05) is 12.0 Å². The van der Waals surface area contributed by atoms with Gasteiger partial charge in [0, 0.05) is 12.6 Å². The van der Waals surface area contributed by atoms with Crippen LogP contribution >= 0.6 is 0 Å². The average Bonchev–Trinajstić information content (AvgIpc) is 2.68. The maximum absolute atomic E-state index is 12.0. The van der Waals surface area contributed by atoms with Gasteiger partial charge in [0.25, 0.3) is 0 Å². The number of para-hydroxylation sites is 2. The first-order valence-electron chi connectivity index (χ1n) is 7.21. The summed E-state index contributed by atoms with van der Waals surface area (Å²) in [5, 5.41) is 0. The molecule has 0 bridgehead atoms. The summed E-state index contributed by atoms with van der Waals surface area (Å²) < 4.78 is 11.6. The number of carbonyl (C=O) groups excluding carboxylic acids is 1. The van der Waals surface area contributed by atoms with Crippen LogP contribution in [0.3, 0.4) is 0 Å². The molecule has 110 valence electrons. The number of allylic oxidation sites excluding steroid dienone is 1. The van der Waals surface area contributed by atoms with Crippen molar-refractivity contribution in [2.45, 2.75) is 12.5 Å². The number of hydrogen-bond donors (Lipinski definition) is 0. The van der Waals surface area contributed by atoms with Crippen molar-refractivity contribution in [3.8, 4) is 17.2 Å². The second kappa shape index (κ2) is 4.91. The Balaban J connectivity index is 1.99. The third kappa shape index (κ3) is 1.88. The molecule has 1 atom stereocenters. The molecule has 0 radical (unpaired) electrons. The number of methoxy groups -OCH3 is 1. The van der Waals surface area contributed by atoms with Gasteiger partial charge in [0.05, 0.1) is 24.4 Å². The SMILES string of the molecule is COc1cccc2c1C1CC(=O)C=CN1c1ccccc1O2. The van der Waals surface area contributed by atoms with E-state index in [4.69, 9.17) is 9.47 Å². The standard InChI is InChI=1S/C18H15NO3/c1-21-16-7-4-8-17-18(16)14-11-12(20)9-10-19(14)13-5-2-3-6-15(13)22-17/h2-10,14H,11H2,1H3. The maximum atomic E-state index is 12.0. The zero-order valence-corrected chi connectivity index (χ0v) is 12.2. The molecule has 4 nitrogen and oxygen atoms in total. The molecule has 2 aliphatic rings. The first kappa shape index (κ1) is 13.0. The van der Waals surface area contributed by atoms with E-state index in [1.54, 1.807) is 13.2 Å². The lowest BCUT2D eigenvalue weighted by atomic mass is 9.95. The number of fused-ring (bicyclic) bond motifs is 5. The lowest BCUT2D eigenvalue weighted by Gasteiger charge is -2.32. The van der Waals surface area contributed by atoms with Gasteiger partial charge in [-0.15, -0.1) is 0 Å². The highest BCUT2D eigenvalue weighted by Crippen LogP contribution is 2.49. The molecule has 0 amide bonds. The minimum absolute atomic E-state index is 0.109.